The van der Waals surface area contributed by atoms with E-state index in [2.05, 4.69) is 29.4 Å². The third-order valence-electron chi connectivity index (χ3n) is 2.28. The summed E-state index contributed by atoms with van der Waals surface area (Å²) < 4.78 is 0. The minimum absolute atomic E-state index is 0.287. The van der Waals surface area contributed by atoms with Gasteiger partial charge in [0.25, 0.3) is 0 Å². The van der Waals surface area contributed by atoms with E-state index < -0.39 is 0 Å². The molecule has 0 bridgehead atoms. The van der Waals surface area contributed by atoms with Crippen LogP contribution in [0.15, 0.2) is 28.9 Å². The maximum Gasteiger partial charge on any atom is 0.128 e. The fourth-order valence-corrected chi connectivity index (χ4v) is 1.63. The normalized spacial score (nSPS) is 33.0. The number of aliphatic imine (C=N–C) groups is 1. The van der Waals surface area contributed by atoms with Crippen molar-refractivity contribution in [1.82, 2.24) is 5.32 Å². The highest BCUT2D eigenvalue weighted by Crippen LogP contribution is 2.26. The van der Waals surface area contributed by atoms with Crippen LogP contribution in [0.1, 0.15) is 13.3 Å². The number of hydrogen-bond acceptors (Lipinski definition) is 2. The van der Waals surface area contributed by atoms with E-state index in [1.54, 1.807) is 0 Å². The van der Waals surface area contributed by atoms with E-state index in [4.69, 9.17) is 0 Å². The molecule has 58 valence electrons. The van der Waals surface area contributed by atoms with Crippen LogP contribution in [0.2, 0.25) is 0 Å². The zero-order valence-electron chi connectivity index (χ0n) is 6.62. The topological polar surface area (TPSA) is 24.4 Å². The van der Waals surface area contributed by atoms with Gasteiger partial charge in [-0.1, -0.05) is 18.6 Å². The summed E-state index contributed by atoms with van der Waals surface area (Å²) in [5.41, 5.74) is 1.48. The van der Waals surface area contributed by atoms with Crippen molar-refractivity contribution in [2.75, 3.05) is 0 Å². The van der Waals surface area contributed by atoms with Crippen LogP contribution in [-0.4, -0.2) is 12.4 Å². The second kappa shape index (κ2) is 2.53. The lowest BCUT2D eigenvalue weighted by Crippen LogP contribution is -2.27. The fraction of sp³-hybridized carbons (Fsp3) is 0.444. The molecule has 0 aromatic heterocycles. The van der Waals surface area contributed by atoms with Crippen LogP contribution in [0.3, 0.4) is 0 Å². The molecule has 0 saturated carbocycles. The van der Waals surface area contributed by atoms with Crippen LogP contribution in [-0.2, 0) is 0 Å². The van der Waals surface area contributed by atoms with Crippen molar-refractivity contribution in [3.63, 3.8) is 0 Å². The van der Waals surface area contributed by atoms with Crippen LogP contribution < -0.4 is 5.32 Å². The molecule has 2 nitrogen and oxygen atoms in total. The van der Waals surface area contributed by atoms with Crippen LogP contribution in [0.5, 0.6) is 0 Å². The molecule has 1 N–H and O–H groups in total. The Morgan fingerprint density at radius 1 is 1.64 bits per heavy atom. The minimum Gasteiger partial charge on any atom is -0.369 e. The standard InChI is InChI=1S/C9H12N2/c1-2-7-3-5-10-9-8(7)4-6-11-9/h3-6,8-9,11H,2H2,1H3. The van der Waals surface area contributed by atoms with Gasteiger partial charge in [0.05, 0.1) is 0 Å². The van der Waals surface area contributed by atoms with Gasteiger partial charge >= 0.3 is 0 Å². The van der Waals surface area contributed by atoms with Crippen molar-refractivity contribution in [1.29, 1.82) is 0 Å². The van der Waals surface area contributed by atoms with Crippen LogP contribution >= 0.6 is 0 Å². The Bertz CT molecular complexity index is 238. The molecule has 2 aliphatic rings. The summed E-state index contributed by atoms with van der Waals surface area (Å²) in [5.74, 6) is 0.519. The molecule has 0 saturated heterocycles. The number of fused-ring (bicyclic) bond motifs is 1. The Morgan fingerprint density at radius 3 is 3.36 bits per heavy atom. The average Bonchev–Trinajstić information content (AvgIpc) is 2.50. The molecule has 0 amide bonds. The first-order valence-electron chi connectivity index (χ1n) is 4.07. The molecule has 0 fully saturated rings. The van der Waals surface area contributed by atoms with Gasteiger partial charge in [-0.05, 0) is 18.7 Å². The predicted molar refractivity (Wildman–Crippen MR) is 46.4 cm³/mol. The highest BCUT2D eigenvalue weighted by molar-refractivity contribution is 5.74. The van der Waals surface area contributed by atoms with Crippen molar-refractivity contribution < 1.29 is 0 Å². The molecular weight excluding hydrogens is 136 g/mol. The van der Waals surface area contributed by atoms with Gasteiger partial charge in [0.2, 0.25) is 0 Å². The third-order valence-corrected chi connectivity index (χ3v) is 2.28. The quantitative estimate of drug-likeness (QED) is 0.598. The van der Waals surface area contributed by atoms with Gasteiger partial charge in [0.1, 0.15) is 6.17 Å². The molecule has 2 rings (SSSR count). The predicted octanol–water partition coefficient (Wildman–Crippen LogP) is 1.47. The van der Waals surface area contributed by atoms with E-state index in [-0.39, 0.29) is 6.17 Å². The number of allylic oxidation sites excluding steroid dienone is 1. The summed E-state index contributed by atoms with van der Waals surface area (Å²) in [6.45, 7) is 2.19. The summed E-state index contributed by atoms with van der Waals surface area (Å²) in [7, 11) is 0. The minimum atomic E-state index is 0.287. The molecule has 2 atom stereocenters. The Hall–Kier alpha value is -1.05. The molecule has 2 heterocycles. The molecule has 0 spiro atoms. The van der Waals surface area contributed by atoms with Gasteiger partial charge in [-0.25, -0.2) is 0 Å². The van der Waals surface area contributed by atoms with Crippen LogP contribution in [0, 0.1) is 5.92 Å². The largest absolute Gasteiger partial charge is 0.369 e. The van der Waals surface area contributed by atoms with Gasteiger partial charge in [0.15, 0.2) is 0 Å². The zero-order chi connectivity index (χ0) is 7.68. The van der Waals surface area contributed by atoms with E-state index in [1.165, 1.54) is 5.57 Å². The molecule has 0 radical (unpaired) electrons. The van der Waals surface area contributed by atoms with Crippen LogP contribution in [0.4, 0.5) is 0 Å². The molecule has 0 aliphatic carbocycles. The first-order chi connectivity index (χ1) is 5.42. The van der Waals surface area contributed by atoms with Crippen molar-refractivity contribution in [3.8, 4) is 0 Å². The second-order valence-corrected chi connectivity index (χ2v) is 2.89. The van der Waals surface area contributed by atoms with Crippen molar-refractivity contribution >= 4 is 6.21 Å². The second-order valence-electron chi connectivity index (χ2n) is 2.89. The lowest BCUT2D eigenvalue weighted by molar-refractivity contribution is 0.540. The highest BCUT2D eigenvalue weighted by atomic mass is 15.1. The maximum absolute atomic E-state index is 4.31. The van der Waals surface area contributed by atoms with Gasteiger partial charge in [-0.2, -0.15) is 0 Å². The zero-order valence-corrected chi connectivity index (χ0v) is 6.62. The molecule has 11 heavy (non-hydrogen) atoms. The number of hydrogen-bond donors (Lipinski definition) is 1. The number of rotatable bonds is 1. The molecular formula is C9H12N2. The molecule has 2 aliphatic heterocycles. The highest BCUT2D eigenvalue weighted by Gasteiger charge is 2.25. The lowest BCUT2D eigenvalue weighted by Gasteiger charge is -2.20. The van der Waals surface area contributed by atoms with Gasteiger partial charge < -0.3 is 5.32 Å². The molecule has 0 aromatic rings. The first-order valence-corrected chi connectivity index (χ1v) is 4.07. The SMILES string of the molecule is CCC1=CC=NC2NC=CC12. The summed E-state index contributed by atoms with van der Waals surface area (Å²) in [5, 5.41) is 3.20. The maximum atomic E-state index is 4.31. The van der Waals surface area contributed by atoms with Crippen molar-refractivity contribution in [2.45, 2.75) is 19.5 Å². The van der Waals surface area contributed by atoms with Crippen molar-refractivity contribution in [3.05, 3.63) is 23.9 Å². The summed E-state index contributed by atoms with van der Waals surface area (Å²) in [6.07, 6.45) is 9.63. The Balaban J connectivity index is 2.25. The monoisotopic (exact) mass is 148 g/mol. The average molecular weight is 148 g/mol. The third kappa shape index (κ3) is 0.985. The van der Waals surface area contributed by atoms with Gasteiger partial charge in [-0.15, -0.1) is 0 Å². The van der Waals surface area contributed by atoms with E-state index in [0.717, 1.165) is 6.42 Å². The van der Waals surface area contributed by atoms with E-state index in [1.807, 2.05) is 12.4 Å². The van der Waals surface area contributed by atoms with Crippen molar-refractivity contribution in [2.24, 2.45) is 10.9 Å². The molecule has 2 unspecified atom stereocenters. The summed E-state index contributed by atoms with van der Waals surface area (Å²) >= 11 is 0. The van der Waals surface area contributed by atoms with Gasteiger partial charge in [-0.3, -0.25) is 4.99 Å². The number of dihydropyridines is 1. The van der Waals surface area contributed by atoms with Gasteiger partial charge in [0, 0.05) is 12.1 Å². The van der Waals surface area contributed by atoms with Crippen LogP contribution in [0.25, 0.3) is 0 Å². The van der Waals surface area contributed by atoms with E-state index >= 15 is 0 Å². The Morgan fingerprint density at radius 2 is 2.55 bits per heavy atom. The summed E-state index contributed by atoms with van der Waals surface area (Å²) in [4.78, 5) is 4.31. The Labute approximate surface area is 66.7 Å². The lowest BCUT2D eigenvalue weighted by atomic mass is 9.94. The number of nitrogens with zero attached hydrogens (tertiary/aromatic N) is 1. The van der Waals surface area contributed by atoms with E-state index in [0.29, 0.717) is 5.92 Å². The van der Waals surface area contributed by atoms with E-state index in [9.17, 15) is 0 Å². The number of nitrogens with one attached hydrogen (secondary N) is 1. The first kappa shape index (κ1) is 6.65. The summed E-state index contributed by atoms with van der Waals surface area (Å²) in [6, 6.07) is 0. The molecule has 0 aromatic carbocycles. The smallest absolute Gasteiger partial charge is 0.128 e. The fourth-order valence-electron chi connectivity index (χ4n) is 1.63. The molecule has 2 heteroatoms. The Kier molecular flexibility index (Phi) is 1.53.